The first kappa shape index (κ1) is 37.2. The van der Waals surface area contributed by atoms with Crippen molar-refractivity contribution in [2.75, 3.05) is 0 Å². The minimum absolute atomic E-state index is 0.00641. The Morgan fingerprint density at radius 1 is 0.704 bits per heavy atom. The second-order valence-corrected chi connectivity index (χ2v) is 18.0. The average Bonchev–Trinajstić information content (AvgIpc) is 3.70. The summed E-state index contributed by atoms with van der Waals surface area (Å²) in [6.07, 6.45) is 8.19. The van der Waals surface area contributed by atoms with Crippen LogP contribution in [0.4, 0.5) is 0 Å². The van der Waals surface area contributed by atoms with Crippen molar-refractivity contribution < 1.29 is 4.74 Å². The van der Waals surface area contributed by atoms with Crippen molar-refractivity contribution in [3.05, 3.63) is 131 Å². The molecule has 0 amide bonds. The van der Waals surface area contributed by atoms with Gasteiger partial charge in [0.15, 0.2) is 0 Å². The van der Waals surface area contributed by atoms with Gasteiger partial charge in [0.25, 0.3) is 0 Å². The topological polar surface area (TPSA) is 44.9 Å². The van der Waals surface area contributed by atoms with Crippen molar-refractivity contribution in [1.82, 2.24) is 19.3 Å². The van der Waals surface area contributed by atoms with E-state index in [9.17, 15) is 0 Å². The van der Waals surface area contributed by atoms with Gasteiger partial charge in [-0.05, 0) is 118 Å². The van der Waals surface area contributed by atoms with Crippen LogP contribution in [0.5, 0.6) is 11.5 Å². The van der Waals surface area contributed by atoms with Gasteiger partial charge in [-0.3, -0.25) is 4.57 Å². The van der Waals surface area contributed by atoms with Crippen LogP contribution < -0.4 is 4.74 Å². The van der Waals surface area contributed by atoms with Crippen LogP contribution in [0.15, 0.2) is 104 Å². The van der Waals surface area contributed by atoms with E-state index >= 15 is 0 Å². The van der Waals surface area contributed by atoms with Gasteiger partial charge in [-0.15, -0.1) is 0 Å². The minimum Gasteiger partial charge on any atom is -0.457 e. The maximum Gasteiger partial charge on any atom is 0.137 e. The number of rotatable bonds is 9. The molecule has 7 aromatic rings. The molecule has 0 unspecified atom stereocenters. The molecule has 0 atom stereocenters. The van der Waals surface area contributed by atoms with Gasteiger partial charge < -0.3 is 4.74 Å². The Bertz CT molecular complexity index is 2460. The molecule has 0 N–H and O–H groups in total. The normalized spacial score (nSPS) is 12.5. The molecule has 0 saturated carbocycles. The van der Waals surface area contributed by atoms with E-state index < -0.39 is 0 Å². The number of hydrogen-bond acceptors (Lipinski definition) is 3. The standard InChI is InChI=1S/C49H56N4O/c1-31(2)23-34-26-42(48(6,7)8)47(49(9,10)11)41(24-32(3)4)46(34)35-29-51-52(30-35)36-15-14-16-37(27-36)54-38-19-20-40-39-17-12-13-18-43(39)53(44(40)28-38)45-25-33(5)21-22-50-45/h12-22,25-32H,23-24H2,1-11H3. The minimum atomic E-state index is -0.00641. The van der Waals surface area contributed by atoms with Crippen molar-refractivity contribution in [3.8, 4) is 34.1 Å². The molecule has 278 valence electrons. The van der Waals surface area contributed by atoms with Crippen molar-refractivity contribution in [2.45, 2.75) is 99.8 Å². The molecule has 3 heterocycles. The van der Waals surface area contributed by atoms with E-state index in [1.165, 1.54) is 44.3 Å². The zero-order chi connectivity index (χ0) is 38.5. The fraction of sp³-hybridized carbons (Fsp3) is 0.347. The van der Waals surface area contributed by atoms with E-state index in [1.54, 1.807) is 0 Å². The molecular formula is C49H56N4O. The van der Waals surface area contributed by atoms with Gasteiger partial charge in [0.1, 0.15) is 17.3 Å². The summed E-state index contributed by atoms with van der Waals surface area (Å²) in [5, 5.41) is 7.34. The first-order valence-corrected chi connectivity index (χ1v) is 19.6. The lowest BCUT2D eigenvalue weighted by molar-refractivity contribution is 0.483. The van der Waals surface area contributed by atoms with Crippen molar-refractivity contribution in [2.24, 2.45) is 11.8 Å². The Morgan fingerprint density at radius 3 is 2.13 bits per heavy atom. The highest BCUT2D eigenvalue weighted by Crippen LogP contribution is 2.44. The number of ether oxygens (including phenoxy) is 1. The molecule has 0 aliphatic heterocycles. The Kier molecular flexibility index (Phi) is 9.80. The summed E-state index contributed by atoms with van der Waals surface area (Å²) in [6, 6.07) is 29.7. The fourth-order valence-electron chi connectivity index (χ4n) is 8.14. The van der Waals surface area contributed by atoms with E-state index in [2.05, 4.69) is 160 Å². The highest BCUT2D eigenvalue weighted by atomic mass is 16.5. The van der Waals surface area contributed by atoms with Crippen LogP contribution in [0.1, 0.15) is 97.1 Å². The first-order valence-electron chi connectivity index (χ1n) is 19.6. The van der Waals surface area contributed by atoms with Crippen LogP contribution in [-0.4, -0.2) is 19.3 Å². The number of para-hydroxylation sites is 1. The van der Waals surface area contributed by atoms with E-state index in [4.69, 9.17) is 14.8 Å². The molecule has 5 nitrogen and oxygen atoms in total. The third kappa shape index (κ3) is 7.33. The quantitative estimate of drug-likeness (QED) is 0.149. The Morgan fingerprint density at radius 2 is 1.43 bits per heavy atom. The highest BCUT2D eigenvalue weighted by Gasteiger charge is 2.32. The number of aromatic nitrogens is 4. The van der Waals surface area contributed by atoms with Gasteiger partial charge in [-0.1, -0.05) is 99.6 Å². The molecule has 0 aliphatic carbocycles. The SMILES string of the molecule is Cc1ccnc(-n2c3ccccc3c3ccc(Oc4cccc(-n5cc(-c6c(CC(C)C)cc(C(C)(C)C)c(C(C)(C)C)c6CC(C)C)cn5)c4)cc32)c1. The number of nitrogens with zero attached hydrogens (tertiary/aromatic N) is 4. The summed E-state index contributed by atoms with van der Waals surface area (Å²) in [4.78, 5) is 4.75. The molecule has 0 fully saturated rings. The van der Waals surface area contributed by atoms with Crippen LogP contribution in [0.3, 0.4) is 0 Å². The predicted molar refractivity (Wildman–Crippen MR) is 227 cm³/mol. The Balaban J connectivity index is 1.29. The molecule has 0 radical (unpaired) electrons. The van der Waals surface area contributed by atoms with Crippen LogP contribution in [-0.2, 0) is 23.7 Å². The summed E-state index contributed by atoms with van der Waals surface area (Å²) >= 11 is 0. The monoisotopic (exact) mass is 716 g/mol. The van der Waals surface area contributed by atoms with Gasteiger partial charge in [0.2, 0.25) is 0 Å². The second-order valence-electron chi connectivity index (χ2n) is 18.0. The molecule has 7 rings (SSSR count). The third-order valence-electron chi connectivity index (χ3n) is 10.3. The summed E-state index contributed by atoms with van der Waals surface area (Å²) in [5.74, 6) is 3.46. The number of aryl methyl sites for hydroxylation is 1. The zero-order valence-electron chi connectivity index (χ0n) is 34.1. The molecule has 0 saturated heterocycles. The molecule has 4 aromatic carbocycles. The predicted octanol–water partition coefficient (Wildman–Crippen LogP) is 13.1. The van der Waals surface area contributed by atoms with E-state index in [1.807, 2.05) is 29.1 Å². The smallest absolute Gasteiger partial charge is 0.137 e. The maximum absolute atomic E-state index is 6.60. The molecule has 5 heteroatoms. The highest BCUT2D eigenvalue weighted by molar-refractivity contribution is 6.09. The third-order valence-corrected chi connectivity index (χ3v) is 10.3. The Hall–Kier alpha value is -5.16. The van der Waals surface area contributed by atoms with Crippen LogP contribution in [0.25, 0.3) is 44.4 Å². The van der Waals surface area contributed by atoms with Crippen molar-refractivity contribution in [3.63, 3.8) is 0 Å². The number of benzene rings is 4. The van der Waals surface area contributed by atoms with Crippen LogP contribution >= 0.6 is 0 Å². The molecule has 0 aliphatic rings. The van der Waals surface area contributed by atoms with Gasteiger partial charge in [-0.2, -0.15) is 5.10 Å². The maximum atomic E-state index is 6.60. The second kappa shape index (κ2) is 14.2. The lowest BCUT2D eigenvalue weighted by Gasteiger charge is -2.36. The first-order chi connectivity index (χ1) is 25.6. The van der Waals surface area contributed by atoms with E-state index in [-0.39, 0.29) is 10.8 Å². The lowest BCUT2D eigenvalue weighted by atomic mass is 9.69. The zero-order valence-corrected chi connectivity index (χ0v) is 34.1. The lowest BCUT2D eigenvalue weighted by Crippen LogP contribution is -2.26. The molecule has 0 spiro atoms. The van der Waals surface area contributed by atoms with Crippen LogP contribution in [0.2, 0.25) is 0 Å². The average molecular weight is 717 g/mol. The molecular weight excluding hydrogens is 661 g/mol. The van der Waals surface area contributed by atoms with E-state index in [0.717, 1.165) is 52.3 Å². The van der Waals surface area contributed by atoms with Gasteiger partial charge in [-0.25, -0.2) is 9.67 Å². The largest absolute Gasteiger partial charge is 0.457 e. The van der Waals surface area contributed by atoms with Crippen molar-refractivity contribution in [1.29, 1.82) is 0 Å². The summed E-state index contributed by atoms with van der Waals surface area (Å²) < 4.78 is 10.8. The fourth-order valence-corrected chi connectivity index (χ4v) is 8.14. The number of hydrogen-bond donors (Lipinski definition) is 0. The van der Waals surface area contributed by atoms with Gasteiger partial charge in [0.05, 0.1) is 22.9 Å². The van der Waals surface area contributed by atoms with Gasteiger partial charge in [0, 0.05) is 40.9 Å². The summed E-state index contributed by atoms with van der Waals surface area (Å²) in [5.41, 5.74) is 12.7. The molecule has 3 aromatic heterocycles. The van der Waals surface area contributed by atoms with Crippen molar-refractivity contribution >= 4 is 21.8 Å². The van der Waals surface area contributed by atoms with Crippen LogP contribution in [0, 0.1) is 18.8 Å². The Labute approximate surface area is 322 Å². The van der Waals surface area contributed by atoms with E-state index in [0.29, 0.717) is 11.8 Å². The summed E-state index contributed by atoms with van der Waals surface area (Å²) in [6.45, 7) is 25.6. The molecule has 0 bridgehead atoms. The number of pyridine rings is 1. The summed E-state index contributed by atoms with van der Waals surface area (Å²) in [7, 11) is 0. The molecule has 54 heavy (non-hydrogen) atoms. The van der Waals surface area contributed by atoms with Gasteiger partial charge >= 0.3 is 0 Å². The number of fused-ring (bicyclic) bond motifs is 3.